The van der Waals surface area contributed by atoms with Gasteiger partial charge >= 0.3 is 0 Å². The third-order valence-electron chi connectivity index (χ3n) is 2.31. The van der Waals surface area contributed by atoms with E-state index in [4.69, 9.17) is 5.73 Å². The lowest BCUT2D eigenvalue weighted by Gasteiger charge is -2.16. The van der Waals surface area contributed by atoms with Crippen LogP contribution in [0.4, 0.5) is 0 Å². The maximum Gasteiger partial charge on any atom is 0.222 e. The van der Waals surface area contributed by atoms with Crippen LogP contribution in [0.2, 0.25) is 0 Å². The topological polar surface area (TPSA) is 62.1 Å². The molecular formula is C11H19N3O. The molecule has 3 N–H and O–H groups in total. The predicted molar refractivity (Wildman–Crippen MR) is 60.2 cm³/mol. The summed E-state index contributed by atoms with van der Waals surface area (Å²) < 4.78 is 0. The van der Waals surface area contributed by atoms with E-state index < -0.39 is 0 Å². The number of nitrogens with zero attached hydrogens (tertiary/aromatic N) is 1. The zero-order valence-electron chi connectivity index (χ0n) is 9.36. The molecule has 1 amide bonds. The number of nitrogens with two attached hydrogens (primary N) is 1. The van der Waals surface area contributed by atoms with E-state index in [1.165, 1.54) is 0 Å². The standard InChI is InChI=1S/C11H19N3O/c1-9(12)5-6-11(15)14(2)8-10-4-3-7-13-10/h3-4,7,9,13H,5-6,8,12H2,1-2H3. The highest BCUT2D eigenvalue weighted by atomic mass is 16.2. The van der Waals surface area contributed by atoms with Crippen LogP contribution in [0.1, 0.15) is 25.5 Å². The summed E-state index contributed by atoms with van der Waals surface area (Å²) in [4.78, 5) is 16.4. The molecule has 1 heterocycles. The molecule has 1 unspecified atom stereocenters. The molecule has 0 saturated carbocycles. The van der Waals surface area contributed by atoms with Gasteiger partial charge in [-0.3, -0.25) is 4.79 Å². The molecule has 0 spiro atoms. The number of aromatic amines is 1. The third kappa shape index (κ3) is 4.16. The van der Waals surface area contributed by atoms with E-state index >= 15 is 0 Å². The molecule has 0 aromatic carbocycles. The molecular weight excluding hydrogens is 190 g/mol. The number of amides is 1. The zero-order chi connectivity index (χ0) is 11.3. The molecule has 0 fully saturated rings. The van der Waals surface area contributed by atoms with Crippen molar-refractivity contribution >= 4 is 5.91 Å². The predicted octanol–water partition coefficient (Wildman–Crippen LogP) is 1.10. The van der Waals surface area contributed by atoms with E-state index in [1.807, 2.05) is 32.3 Å². The van der Waals surface area contributed by atoms with Crippen molar-refractivity contribution in [2.24, 2.45) is 5.73 Å². The highest BCUT2D eigenvalue weighted by Gasteiger charge is 2.09. The second-order valence-electron chi connectivity index (χ2n) is 3.96. The first-order valence-electron chi connectivity index (χ1n) is 5.21. The molecule has 0 aliphatic heterocycles. The molecule has 0 saturated heterocycles. The van der Waals surface area contributed by atoms with Gasteiger partial charge < -0.3 is 15.6 Å². The van der Waals surface area contributed by atoms with Crippen molar-refractivity contribution in [2.45, 2.75) is 32.4 Å². The smallest absolute Gasteiger partial charge is 0.222 e. The van der Waals surface area contributed by atoms with Gasteiger partial charge in [0, 0.05) is 31.4 Å². The van der Waals surface area contributed by atoms with E-state index in [0.29, 0.717) is 13.0 Å². The molecule has 4 nitrogen and oxygen atoms in total. The Bertz CT molecular complexity index is 293. The molecule has 4 heteroatoms. The lowest BCUT2D eigenvalue weighted by molar-refractivity contribution is -0.130. The van der Waals surface area contributed by atoms with E-state index in [1.54, 1.807) is 4.90 Å². The molecule has 0 aliphatic rings. The van der Waals surface area contributed by atoms with Gasteiger partial charge in [0.1, 0.15) is 0 Å². The number of carbonyl (C=O) groups is 1. The Morgan fingerprint density at radius 2 is 2.40 bits per heavy atom. The van der Waals surface area contributed by atoms with Crippen LogP contribution in [-0.4, -0.2) is 28.9 Å². The van der Waals surface area contributed by atoms with Gasteiger partial charge in [0.25, 0.3) is 0 Å². The zero-order valence-corrected chi connectivity index (χ0v) is 9.36. The highest BCUT2D eigenvalue weighted by Crippen LogP contribution is 2.03. The number of nitrogens with one attached hydrogen (secondary N) is 1. The Balaban J connectivity index is 2.33. The number of aromatic nitrogens is 1. The maximum absolute atomic E-state index is 11.6. The van der Waals surface area contributed by atoms with E-state index in [0.717, 1.165) is 12.1 Å². The Morgan fingerprint density at radius 3 is 2.93 bits per heavy atom. The fourth-order valence-corrected chi connectivity index (χ4v) is 1.35. The first-order valence-corrected chi connectivity index (χ1v) is 5.21. The van der Waals surface area contributed by atoms with Crippen LogP contribution >= 0.6 is 0 Å². The van der Waals surface area contributed by atoms with Crippen LogP contribution in [-0.2, 0) is 11.3 Å². The van der Waals surface area contributed by atoms with E-state index in [-0.39, 0.29) is 11.9 Å². The second-order valence-corrected chi connectivity index (χ2v) is 3.96. The van der Waals surface area contributed by atoms with Crippen LogP contribution in [0.25, 0.3) is 0 Å². The van der Waals surface area contributed by atoms with Crippen molar-refractivity contribution in [3.8, 4) is 0 Å². The minimum absolute atomic E-state index is 0.0906. The third-order valence-corrected chi connectivity index (χ3v) is 2.31. The van der Waals surface area contributed by atoms with Crippen LogP contribution < -0.4 is 5.73 Å². The highest BCUT2D eigenvalue weighted by molar-refractivity contribution is 5.75. The summed E-state index contributed by atoms with van der Waals surface area (Å²) in [6, 6.07) is 3.98. The van der Waals surface area contributed by atoms with Gasteiger partial charge in [0.15, 0.2) is 0 Å². The average molecular weight is 209 g/mol. The first-order chi connectivity index (χ1) is 7.09. The minimum atomic E-state index is 0.0906. The van der Waals surface area contributed by atoms with Gasteiger partial charge in [-0.2, -0.15) is 0 Å². The van der Waals surface area contributed by atoms with Gasteiger partial charge in [-0.25, -0.2) is 0 Å². The van der Waals surface area contributed by atoms with Crippen molar-refractivity contribution in [3.05, 3.63) is 24.0 Å². The van der Waals surface area contributed by atoms with Crippen LogP contribution in [0.5, 0.6) is 0 Å². The summed E-state index contributed by atoms with van der Waals surface area (Å²) >= 11 is 0. The SMILES string of the molecule is CC(N)CCC(=O)N(C)Cc1ccc[nH]1. The van der Waals surface area contributed by atoms with Gasteiger partial charge in [-0.15, -0.1) is 0 Å². The molecule has 1 atom stereocenters. The van der Waals surface area contributed by atoms with Crippen molar-refractivity contribution in [1.29, 1.82) is 0 Å². The molecule has 0 bridgehead atoms. The number of carbonyl (C=O) groups excluding carboxylic acids is 1. The lowest BCUT2D eigenvalue weighted by Crippen LogP contribution is -2.28. The summed E-state index contributed by atoms with van der Waals surface area (Å²) in [6.45, 7) is 2.54. The molecule has 0 radical (unpaired) electrons. The van der Waals surface area contributed by atoms with Crippen LogP contribution in [0.3, 0.4) is 0 Å². The van der Waals surface area contributed by atoms with E-state index in [9.17, 15) is 4.79 Å². The summed E-state index contributed by atoms with van der Waals surface area (Å²) in [5.41, 5.74) is 6.65. The number of hydrogen-bond donors (Lipinski definition) is 2. The largest absolute Gasteiger partial charge is 0.364 e. The van der Waals surface area contributed by atoms with Gasteiger partial charge in [-0.05, 0) is 25.5 Å². The summed E-state index contributed by atoms with van der Waals surface area (Å²) in [7, 11) is 1.81. The number of rotatable bonds is 5. The van der Waals surface area contributed by atoms with Crippen molar-refractivity contribution in [1.82, 2.24) is 9.88 Å². The monoisotopic (exact) mass is 209 g/mol. The molecule has 1 rings (SSSR count). The van der Waals surface area contributed by atoms with Gasteiger partial charge in [-0.1, -0.05) is 0 Å². The Kier molecular flexibility index (Phi) is 4.37. The summed E-state index contributed by atoms with van der Waals surface area (Å²) in [6.07, 6.45) is 3.12. The molecule has 15 heavy (non-hydrogen) atoms. The van der Waals surface area contributed by atoms with Crippen molar-refractivity contribution in [2.75, 3.05) is 7.05 Å². The van der Waals surface area contributed by atoms with Crippen LogP contribution in [0.15, 0.2) is 18.3 Å². The Morgan fingerprint density at radius 1 is 1.67 bits per heavy atom. The minimum Gasteiger partial charge on any atom is -0.364 e. The fourth-order valence-electron chi connectivity index (χ4n) is 1.35. The van der Waals surface area contributed by atoms with E-state index in [2.05, 4.69) is 4.98 Å². The summed E-state index contributed by atoms with van der Waals surface area (Å²) in [5.74, 6) is 0.141. The second kappa shape index (κ2) is 5.56. The quantitative estimate of drug-likeness (QED) is 0.762. The fraction of sp³-hybridized carbons (Fsp3) is 0.545. The van der Waals surface area contributed by atoms with Crippen molar-refractivity contribution in [3.63, 3.8) is 0 Å². The first kappa shape index (κ1) is 11.8. The van der Waals surface area contributed by atoms with Crippen molar-refractivity contribution < 1.29 is 4.79 Å². The average Bonchev–Trinajstić information content (AvgIpc) is 2.66. The molecule has 1 aromatic rings. The molecule has 1 aromatic heterocycles. The maximum atomic E-state index is 11.6. The normalized spacial score (nSPS) is 12.5. The number of hydrogen-bond acceptors (Lipinski definition) is 2. The Labute approximate surface area is 90.5 Å². The Hall–Kier alpha value is -1.29. The number of H-pyrrole nitrogens is 1. The molecule has 84 valence electrons. The van der Waals surface area contributed by atoms with Gasteiger partial charge in [0.2, 0.25) is 5.91 Å². The molecule has 0 aliphatic carbocycles. The summed E-state index contributed by atoms with van der Waals surface area (Å²) in [5, 5.41) is 0. The van der Waals surface area contributed by atoms with Crippen LogP contribution in [0, 0.1) is 0 Å². The van der Waals surface area contributed by atoms with Gasteiger partial charge in [0.05, 0.1) is 6.54 Å². The lowest BCUT2D eigenvalue weighted by atomic mass is 10.2.